The van der Waals surface area contributed by atoms with Gasteiger partial charge in [-0.2, -0.15) is 0 Å². The maximum Gasteiger partial charge on any atom is 0.138 e. The Morgan fingerprint density at radius 1 is 0.947 bits per heavy atom. The molecule has 1 rings (SSSR count). The molecule has 0 aromatic carbocycles. The van der Waals surface area contributed by atoms with Crippen LogP contribution in [0.5, 0.6) is 0 Å². The van der Waals surface area contributed by atoms with Gasteiger partial charge < -0.3 is 0 Å². The SMILES string of the molecule is CCCCCCCCCC(=O)Cc1ccc(CC)s1. The molecule has 108 valence electrons. The van der Waals surface area contributed by atoms with Crippen molar-refractivity contribution in [2.75, 3.05) is 0 Å². The zero-order valence-corrected chi connectivity index (χ0v) is 13.4. The van der Waals surface area contributed by atoms with E-state index in [9.17, 15) is 4.79 Å². The summed E-state index contributed by atoms with van der Waals surface area (Å²) in [6.45, 7) is 4.41. The molecule has 0 atom stereocenters. The molecule has 0 fully saturated rings. The minimum absolute atomic E-state index is 0.415. The van der Waals surface area contributed by atoms with Crippen molar-refractivity contribution in [3.8, 4) is 0 Å². The number of Topliss-reactive ketones (excluding diaryl/α,β-unsaturated/α-hetero) is 1. The number of carbonyl (C=O) groups is 1. The first kappa shape index (κ1) is 16.4. The van der Waals surface area contributed by atoms with Gasteiger partial charge in [0.05, 0.1) is 0 Å². The zero-order valence-electron chi connectivity index (χ0n) is 12.5. The lowest BCUT2D eigenvalue weighted by molar-refractivity contribution is -0.118. The Morgan fingerprint density at radius 3 is 2.21 bits per heavy atom. The summed E-state index contributed by atoms with van der Waals surface area (Å²) in [5, 5.41) is 0. The molecule has 1 aromatic heterocycles. The summed E-state index contributed by atoms with van der Waals surface area (Å²) < 4.78 is 0. The molecule has 1 heterocycles. The van der Waals surface area contributed by atoms with Crippen molar-refractivity contribution in [2.24, 2.45) is 0 Å². The van der Waals surface area contributed by atoms with Gasteiger partial charge in [-0.05, 0) is 25.0 Å². The fourth-order valence-corrected chi connectivity index (χ4v) is 3.26. The van der Waals surface area contributed by atoms with Crippen LogP contribution in [0.25, 0.3) is 0 Å². The van der Waals surface area contributed by atoms with Crippen LogP contribution in [0.1, 0.15) is 75.0 Å². The zero-order chi connectivity index (χ0) is 13.9. The highest BCUT2D eigenvalue weighted by Crippen LogP contribution is 2.18. The normalized spacial score (nSPS) is 10.8. The summed E-state index contributed by atoms with van der Waals surface area (Å²) >= 11 is 1.79. The van der Waals surface area contributed by atoms with Gasteiger partial charge in [0.15, 0.2) is 0 Å². The third-order valence-corrected chi connectivity index (χ3v) is 4.73. The lowest BCUT2D eigenvalue weighted by Gasteiger charge is -2.01. The lowest BCUT2D eigenvalue weighted by atomic mass is 10.1. The fraction of sp³-hybridized carbons (Fsp3) is 0.706. The summed E-state index contributed by atoms with van der Waals surface area (Å²) in [5.41, 5.74) is 0. The molecular formula is C17H28OS. The Hall–Kier alpha value is -0.630. The van der Waals surface area contributed by atoms with E-state index in [1.807, 2.05) is 0 Å². The molecule has 1 aromatic rings. The van der Waals surface area contributed by atoms with Crippen LogP contribution < -0.4 is 0 Å². The van der Waals surface area contributed by atoms with Crippen LogP contribution in [0, 0.1) is 0 Å². The summed E-state index contributed by atoms with van der Waals surface area (Å²) in [6, 6.07) is 4.27. The van der Waals surface area contributed by atoms with Crippen molar-refractivity contribution < 1.29 is 4.79 Å². The van der Waals surface area contributed by atoms with Gasteiger partial charge in [0, 0.05) is 22.6 Å². The van der Waals surface area contributed by atoms with Crippen molar-refractivity contribution in [1.29, 1.82) is 0 Å². The first-order chi connectivity index (χ1) is 9.26. The Kier molecular flexibility index (Phi) is 8.81. The van der Waals surface area contributed by atoms with Crippen LogP contribution in [-0.2, 0) is 17.6 Å². The summed E-state index contributed by atoms with van der Waals surface area (Å²) in [6.07, 6.45) is 11.5. The standard InChI is InChI=1S/C17H28OS/c1-3-5-6-7-8-9-10-11-15(18)14-17-13-12-16(4-2)19-17/h12-13H,3-11,14H2,1-2H3. The smallest absolute Gasteiger partial charge is 0.138 e. The molecule has 0 saturated heterocycles. The number of thiophene rings is 1. The predicted molar refractivity (Wildman–Crippen MR) is 85.0 cm³/mol. The highest BCUT2D eigenvalue weighted by molar-refractivity contribution is 7.12. The van der Waals surface area contributed by atoms with E-state index in [0.717, 1.165) is 19.3 Å². The van der Waals surface area contributed by atoms with Gasteiger partial charge in [0.25, 0.3) is 0 Å². The molecule has 0 N–H and O–H groups in total. The first-order valence-electron chi connectivity index (χ1n) is 7.85. The second-order valence-electron chi connectivity index (χ2n) is 5.31. The van der Waals surface area contributed by atoms with E-state index in [0.29, 0.717) is 12.2 Å². The average Bonchev–Trinajstić information content (AvgIpc) is 2.85. The second kappa shape index (κ2) is 10.2. The molecule has 0 spiro atoms. The molecule has 0 saturated carbocycles. The van der Waals surface area contributed by atoms with E-state index in [4.69, 9.17) is 0 Å². The van der Waals surface area contributed by atoms with Crippen LogP contribution in [-0.4, -0.2) is 5.78 Å². The number of unbranched alkanes of at least 4 members (excludes halogenated alkanes) is 6. The molecule has 0 aliphatic carbocycles. The molecule has 19 heavy (non-hydrogen) atoms. The summed E-state index contributed by atoms with van der Waals surface area (Å²) in [5.74, 6) is 0.415. The van der Waals surface area contributed by atoms with E-state index in [-0.39, 0.29) is 0 Å². The minimum Gasteiger partial charge on any atom is -0.299 e. The fourth-order valence-electron chi connectivity index (χ4n) is 2.27. The largest absolute Gasteiger partial charge is 0.299 e. The number of ketones is 1. The molecular weight excluding hydrogens is 252 g/mol. The van der Waals surface area contributed by atoms with Gasteiger partial charge in [-0.1, -0.05) is 52.4 Å². The Balaban J connectivity index is 2.04. The van der Waals surface area contributed by atoms with Crippen LogP contribution in [0.2, 0.25) is 0 Å². The van der Waals surface area contributed by atoms with E-state index in [2.05, 4.69) is 26.0 Å². The number of hydrogen-bond acceptors (Lipinski definition) is 2. The number of aryl methyl sites for hydroxylation is 1. The highest BCUT2D eigenvalue weighted by Gasteiger charge is 2.06. The molecule has 0 aliphatic heterocycles. The van der Waals surface area contributed by atoms with Crippen molar-refractivity contribution in [2.45, 2.75) is 78.1 Å². The Bertz CT molecular complexity index is 354. The number of carbonyl (C=O) groups excluding carboxylic acids is 1. The highest BCUT2D eigenvalue weighted by atomic mass is 32.1. The van der Waals surface area contributed by atoms with Crippen molar-refractivity contribution >= 4 is 17.1 Å². The maximum atomic E-state index is 11.9. The van der Waals surface area contributed by atoms with Crippen molar-refractivity contribution in [3.63, 3.8) is 0 Å². The quantitative estimate of drug-likeness (QED) is 0.485. The van der Waals surface area contributed by atoms with Gasteiger partial charge in [-0.15, -0.1) is 11.3 Å². The van der Waals surface area contributed by atoms with Gasteiger partial charge in [-0.3, -0.25) is 4.79 Å². The number of hydrogen-bond donors (Lipinski definition) is 0. The third-order valence-electron chi connectivity index (χ3n) is 3.50. The second-order valence-corrected chi connectivity index (χ2v) is 6.56. The van der Waals surface area contributed by atoms with Gasteiger partial charge in [0.1, 0.15) is 5.78 Å². The van der Waals surface area contributed by atoms with Crippen LogP contribution in [0.3, 0.4) is 0 Å². The van der Waals surface area contributed by atoms with Gasteiger partial charge in [0.2, 0.25) is 0 Å². The maximum absolute atomic E-state index is 11.9. The van der Waals surface area contributed by atoms with Gasteiger partial charge >= 0.3 is 0 Å². The van der Waals surface area contributed by atoms with Crippen LogP contribution in [0.4, 0.5) is 0 Å². The monoisotopic (exact) mass is 280 g/mol. The summed E-state index contributed by atoms with van der Waals surface area (Å²) in [7, 11) is 0. The third kappa shape index (κ3) is 7.51. The van der Waals surface area contributed by atoms with Crippen molar-refractivity contribution in [1.82, 2.24) is 0 Å². The van der Waals surface area contributed by atoms with E-state index >= 15 is 0 Å². The molecule has 0 radical (unpaired) electrons. The topological polar surface area (TPSA) is 17.1 Å². The Morgan fingerprint density at radius 2 is 1.58 bits per heavy atom. The predicted octanol–water partition coefficient (Wildman–Crippen LogP) is 5.56. The van der Waals surface area contributed by atoms with Crippen LogP contribution >= 0.6 is 11.3 Å². The summed E-state index contributed by atoms with van der Waals surface area (Å²) in [4.78, 5) is 14.5. The number of rotatable bonds is 11. The van der Waals surface area contributed by atoms with Gasteiger partial charge in [-0.25, -0.2) is 0 Å². The Labute approximate surface area is 122 Å². The average molecular weight is 280 g/mol. The van der Waals surface area contributed by atoms with E-state index < -0.39 is 0 Å². The first-order valence-corrected chi connectivity index (χ1v) is 8.67. The molecule has 0 aliphatic rings. The molecule has 2 heteroatoms. The van der Waals surface area contributed by atoms with E-state index in [1.165, 1.54) is 48.3 Å². The van der Waals surface area contributed by atoms with Crippen molar-refractivity contribution in [3.05, 3.63) is 21.9 Å². The van der Waals surface area contributed by atoms with E-state index in [1.54, 1.807) is 11.3 Å². The molecule has 0 amide bonds. The molecule has 1 nitrogen and oxygen atoms in total. The molecule has 0 unspecified atom stereocenters. The molecule has 0 bridgehead atoms. The minimum atomic E-state index is 0.415. The van der Waals surface area contributed by atoms with Crippen LogP contribution in [0.15, 0.2) is 12.1 Å². The lowest BCUT2D eigenvalue weighted by Crippen LogP contribution is -2.00.